The van der Waals surface area contributed by atoms with Crippen LogP contribution in [0.25, 0.3) is 0 Å². The molecule has 0 aliphatic heterocycles. The predicted molar refractivity (Wildman–Crippen MR) is 70.3 cm³/mol. The minimum Gasteiger partial charge on any atom is -0.504 e. The molecule has 0 amide bonds. The molecule has 0 atom stereocenters. The second-order valence-electron chi connectivity index (χ2n) is 5.19. The number of ketones is 2. The van der Waals surface area contributed by atoms with Crippen molar-refractivity contribution >= 4 is 11.6 Å². The number of rotatable bonds is 7. The van der Waals surface area contributed by atoms with E-state index in [4.69, 9.17) is 0 Å². The first-order chi connectivity index (χ1) is 8.22. The molecule has 4 nitrogen and oxygen atoms in total. The van der Waals surface area contributed by atoms with Gasteiger partial charge in [-0.1, -0.05) is 27.7 Å². The van der Waals surface area contributed by atoms with Crippen LogP contribution in [0.1, 0.15) is 40.5 Å². The van der Waals surface area contributed by atoms with E-state index in [9.17, 15) is 19.8 Å². The highest BCUT2D eigenvalue weighted by Gasteiger charge is 2.09. The fourth-order valence-corrected chi connectivity index (χ4v) is 1.38. The van der Waals surface area contributed by atoms with Gasteiger partial charge in [0.1, 0.15) is 0 Å². The summed E-state index contributed by atoms with van der Waals surface area (Å²) >= 11 is 0. The van der Waals surface area contributed by atoms with Gasteiger partial charge in [0.15, 0.2) is 23.1 Å². The molecule has 0 fully saturated rings. The predicted octanol–water partition coefficient (Wildman–Crippen LogP) is 3.10. The van der Waals surface area contributed by atoms with E-state index in [0.717, 1.165) is 12.2 Å². The lowest BCUT2D eigenvalue weighted by molar-refractivity contribution is -0.116. The fraction of sp³-hybridized carbons (Fsp3) is 0.571. The Bertz CT molecular complexity index is 326. The van der Waals surface area contributed by atoms with Crippen molar-refractivity contribution in [1.29, 1.82) is 0 Å². The summed E-state index contributed by atoms with van der Waals surface area (Å²) in [5.41, 5.74) is 0. The van der Waals surface area contributed by atoms with E-state index in [1.165, 1.54) is 0 Å². The zero-order valence-electron chi connectivity index (χ0n) is 11.4. The van der Waals surface area contributed by atoms with E-state index in [2.05, 4.69) is 0 Å². The summed E-state index contributed by atoms with van der Waals surface area (Å²) < 4.78 is 0. The quantitative estimate of drug-likeness (QED) is 0.416. The molecule has 0 saturated carbocycles. The Labute approximate surface area is 108 Å². The van der Waals surface area contributed by atoms with Crippen LogP contribution in [0.5, 0.6) is 0 Å². The third-order valence-corrected chi connectivity index (χ3v) is 2.08. The number of hydrogen-bond donors (Lipinski definition) is 2. The van der Waals surface area contributed by atoms with Crippen molar-refractivity contribution in [3.05, 3.63) is 23.7 Å². The summed E-state index contributed by atoms with van der Waals surface area (Å²) in [6.07, 6.45) is 2.48. The van der Waals surface area contributed by atoms with Gasteiger partial charge in [-0.3, -0.25) is 9.59 Å². The Balaban J connectivity index is 4.62. The van der Waals surface area contributed by atoms with Gasteiger partial charge in [0.2, 0.25) is 0 Å². The van der Waals surface area contributed by atoms with E-state index in [1.54, 1.807) is 0 Å². The van der Waals surface area contributed by atoms with Crippen molar-refractivity contribution in [3.63, 3.8) is 0 Å². The summed E-state index contributed by atoms with van der Waals surface area (Å²) in [4.78, 5) is 22.7. The maximum atomic E-state index is 11.4. The lowest BCUT2D eigenvalue weighted by Crippen LogP contribution is -2.04. The van der Waals surface area contributed by atoms with Crippen molar-refractivity contribution in [3.8, 4) is 0 Å². The third-order valence-electron chi connectivity index (χ3n) is 2.08. The average molecular weight is 254 g/mol. The molecule has 102 valence electrons. The van der Waals surface area contributed by atoms with Gasteiger partial charge in [-0.25, -0.2) is 0 Å². The first kappa shape index (κ1) is 16.4. The molecule has 0 spiro atoms. The molecule has 0 rings (SSSR count). The van der Waals surface area contributed by atoms with Crippen molar-refractivity contribution < 1.29 is 19.8 Å². The van der Waals surface area contributed by atoms with Crippen LogP contribution in [0, 0.1) is 11.8 Å². The number of carbonyl (C=O) groups excluding carboxylic acids is 2. The van der Waals surface area contributed by atoms with Crippen molar-refractivity contribution in [2.75, 3.05) is 0 Å². The van der Waals surface area contributed by atoms with E-state index >= 15 is 0 Å². The molecule has 0 aromatic rings. The molecule has 0 unspecified atom stereocenters. The first-order valence-corrected chi connectivity index (χ1v) is 6.09. The van der Waals surface area contributed by atoms with Crippen molar-refractivity contribution in [1.82, 2.24) is 0 Å². The van der Waals surface area contributed by atoms with E-state index in [0.29, 0.717) is 0 Å². The Hall–Kier alpha value is -1.58. The van der Waals surface area contributed by atoms with Crippen LogP contribution in [-0.4, -0.2) is 21.8 Å². The second kappa shape index (κ2) is 7.69. The highest BCUT2D eigenvalue weighted by Crippen LogP contribution is 2.09. The van der Waals surface area contributed by atoms with Gasteiger partial charge in [-0.2, -0.15) is 0 Å². The Kier molecular flexibility index (Phi) is 7.01. The summed E-state index contributed by atoms with van der Waals surface area (Å²) in [5.74, 6) is -1.32. The monoisotopic (exact) mass is 254 g/mol. The van der Waals surface area contributed by atoms with Crippen LogP contribution in [0.3, 0.4) is 0 Å². The van der Waals surface area contributed by atoms with Crippen molar-refractivity contribution in [2.24, 2.45) is 11.8 Å². The van der Waals surface area contributed by atoms with Gasteiger partial charge in [0, 0.05) is 25.0 Å². The topological polar surface area (TPSA) is 74.6 Å². The van der Waals surface area contributed by atoms with E-state index in [1.807, 2.05) is 27.7 Å². The van der Waals surface area contributed by atoms with E-state index < -0.39 is 11.5 Å². The molecule has 0 saturated heterocycles. The van der Waals surface area contributed by atoms with Crippen LogP contribution >= 0.6 is 0 Å². The van der Waals surface area contributed by atoms with Gasteiger partial charge < -0.3 is 10.2 Å². The first-order valence-electron chi connectivity index (χ1n) is 6.09. The van der Waals surface area contributed by atoms with Gasteiger partial charge in [0.25, 0.3) is 0 Å². The molecule has 0 heterocycles. The molecule has 0 bridgehead atoms. The third kappa shape index (κ3) is 7.65. The molecule has 0 aliphatic rings. The molecule has 0 aromatic heterocycles. The summed E-state index contributed by atoms with van der Waals surface area (Å²) in [6, 6.07) is 0. The minimum absolute atomic E-state index is 0.176. The second-order valence-corrected chi connectivity index (χ2v) is 5.19. The van der Waals surface area contributed by atoms with Crippen LogP contribution < -0.4 is 0 Å². The lowest BCUT2D eigenvalue weighted by Gasteiger charge is -2.02. The molecule has 0 radical (unpaired) electrons. The molecule has 18 heavy (non-hydrogen) atoms. The zero-order valence-corrected chi connectivity index (χ0v) is 11.4. The molecular weight excluding hydrogens is 232 g/mol. The fourth-order valence-electron chi connectivity index (χ4n) is 1.38. The number of carbonyl (C=O) groups is 2. The van der Waals surface area contributed by atoms with E-state index in [-0.39, 0.29) is 36.2 Å². The number of allylic oxidation sites excluding steroid dienone is 2. The maximum absolute atomic E-state index is 11.4. The van der Waals surface area contributed by atoms with Crippen molar-refractivity contribution in [2.45, 2.75) is 40.5 Å². The van der Waals surface area contributed by atoms with Crippen LogP contribution in [0.2, 0.25) is 0 Å². The van der Waals surface area contributed by atoms with Crippen LogP contribution in [0.4, 0.5) is 0 Å². The smallest absolute Gasteiger partial charge is 0.161 e. The van der Waals surface area contributed by atoms with Crippen LogP contribution in [-0.2, 0) is 9.59 Å². The molecule has 2 N–H and O–H groups in total. The SMILES string of the molecule is CC(C)CC(=O)/C=C(O)/C(O)=C/C(=O)CC(C)C. The number of aliphatic hydroxyl groups is 2. The number of hydrogen-bond acceptors (Lipinski definition) is 4. The van der Waals surface area contributed by atoms with Gasteiger partial charge >= 0.3 is 0 Å². The standard InChI is InChI=1S/C14H22O4/c1-9(2)5-11(15)7-13(17)14(18)8-12(16)6-10(3)4/h7-10,17-18H,5-6H2,1-4H3/b13-7-,14-8-. The van der Waals surface area contributed by atoms with Crippen LogP contribution in [0.15, 0.2) is 23.7 Å². The Morgan fingerprint density at radius 2 is 1.11 bits per heavy atom. The Morgan fingerprint density at radius 3 is 1.33 bits per heavy atom. The largest absolute Gasteiger partial charge is 0.504 e. The Morgan fingerprint density at radius 1 is 0.833 bits per heavy atom. The highest BCUT2D eigenvalue weighted by atomic mass is 16.3. The molecular formula is C14H22O4. The summed E-state index contributed by atoms with van der Waals surface area (Å²) in [6.45, 7) is 7.52. The zero-order chi connectivity index (χ0) is 14.3. The maximum Gasteiger partial charge on any atom is 0.161 e. The number of aliphatic hydroxyl groups excluding tert-OH is 2. The van der Waals surface area contributed by atoms with Gasteiger partial charge in [0.05, 0.1) is 0 Å². The summed E-state index contributed by atoms with van der Waals surface area (Å²) in [7, 11) is 0. The lowest BCUT2D eigenvalue weighted by atomic mass is 10.1. The molecule has 0 aromatic carbocycles. The van der Waals surface area contributed by atoms with Gasteiger partial charge in [-0.05, 0) is 11.8 Å². The summed E-state index contributed by atoms with van der Waals surface area (Å²) in [5, 5.41) is 18.9. The highest BCUT2D eigenvalue weighted by molar-refractivity contribution is 5.92. The van der Waals surface area contributed by atoms with Gasteiger partial charge in [-0.15, -0.1) is 0 Å². The molecule has 4 heteroatoms. The molecule has 0 aliphatic carbocycles. The average Bonchev–Trinajstić information content (AvgIpc) is 2.13. The minimum atomic E-state index is -0.558. The normalized spacial score (nSPS) is 13.2.